The Morgan fingerprint density at radius 3 is 2.75 bits per heavy atom. The van der Waals surface area contributed by atoms with Crippen LogP contribution in [-0.4, -0.2) is 12.1 Å². The Bertz CT molecular complexity index is 363. The first-order valence-corrected chi connectivity index (χ1v) is 6.02. The predicted molar refractivity (Wildman–Crippen MR) is 72.1 cm³/mol. The zero-order valence-corrected chi connectivity index (χ0v) is 10.8. The molecule has 2 nitrogen and oxygen atoms in total. The number of hydrogen-bond acceptors (Lipinski definition) is 2. The van der Waals surface area contributed by atoms with Crippen LogP contribution in [0.2, 0.25) is 0 Å². The fourth-order valence-electron chi connectivity index (χ4n) is 1.70. The number of methoxy groups -OCH3 is 1. The number of hydrogen-bond donors (Lipinski definition) is 1. The van der Waals surface area contributed by atoms with E-state index >= 15 is 0 Å². The molecule has 0 aromatic heterocycles. The number of benzene rings is 1. The van der Waals surface area contributed by atoms with Crippen molar-refractivity contribution in [2.24, 2.45) is 5.73 Å². The van der Waals surface area contributed by atoms with Crippen molar-refractivity contribution in [3.63, 3.8) is 0 Å². The average molecular weight is 237 g/mol. The minimum absolute atomic E-state index is 0.589. The van der Waals surface area contributed by atoms with Crippen LogP contribution in [-0.2, 0) is 12.8 Å². The summed E-state index contributed by atoms with van der Waals surface area (Å²) in [5.74, 6) is 0.958. The SMILES string of the molecule is CCc1ccc(OC)c(CCCC(N)=S)c1. The van der Waals surface area contributed by atoms with E-state index in [1.54, 1.807) is 7.11 Å². The molecule has 3 heteroatoms. The maximum atomic E-state index is 5.48. The molecular weight excluding hydrogens is 218 g/mol. The summed E-state index contributed by atoms with van der Waals surface area (Å²) in [6, 6.07) is 6.35. The van der Waals surface area contributed by atoms with Gasteiger partial charge in [0.2, 0.25) is 0 Å². The molecule has 0 bridgehead atoms. The van der Waals surface area contributed by atoms with Gasteiger partial charge in [-0.05, 0) is 42.9 Å². The van der Waals surface area contributed by atoms with E-state index in [0.717, 1.165) is 31.4 Å². The second kappa shape index (κ2) is 6.48. The van der Waals surface area contributed by atoms with Crippen LogP contribution < -0.4 is 10.5 Å². The summed E-state index contributed by atoms with van der Waals surface area (Å²) < 4.78 is 5.34. The molecule has 0 atom stereocenters. The number of thiocarbonyl (C=S) groups is 1. The van der Waals surface area contributed by atoms with E-state index < -0.39 is 0 Å². The van der Waals surface area contributed by atoms with Gasteiger partial charge in [0.15, 0.2) is 0 Å². The summed E-state index contributed by atoms with van der Waals surface area (Å²) >= 11 is 4.87. The Morgan fingerprint density at radius 2 is 2.19 bits per heavy atom. The van der Waals surface area contributed by atoms with Crippen LogP contribution in [0.4, 0.5) is 0 Å². The average Bonchev–Trinajstić information content (AvgIpc) is 2.28. The summed E-state index contributed by atoms with van der Waals surface area (Å²) in [7, 11) is 1.71. The van der Waals surface area contributed by atoms with Crippen molar-refractivity contribution in [2.45, 2.75) is 32.6 Å². The summed E-state index contributed by atoms with van der Waals surface area (Å²) in [4.78, 5) is 0.589. The number of ether oxygens (including phenoxy) is 1. The van der Waals surface area contributed by atoms with Crippen LogP contribution in [0, 0.1) is 0 Å². The largest absolute Gasteiger partial charge is 0.496 e. The molecule has 0 aliphatic rings. The van der Waals surface area contributed by atoms with E-state index in [4.69, 9.17) is 22.7 Å². The predicted octanol–water partition coefficient (Wildman–Crippen LogP) is 2.87. The topological polar surface area (TPSA) is 35.2 Å². The molecule has 0 saturated heterocycles. The van der Waals surface area contributed by atoms with Crippen molar-refractivity contribution < 1.29 is 4.74 Å². The lowest BCUT2D eigenvalue weighted by Crippen LogP contribution is -2.07. The quantitative estimate of drug-likeness (QED) is 0.773. The Hall–Kier alpha value is -1.09. The van der Waals surface area contributed by atoms with Crippen LogP contribution in [0.1, 0.15) is 30.9 Å². The molecule has 1 rings (SSSR count). The van der Waals surface area contributed by atoms with E-state index in [9.17, 15) is 0 Å². The Labute approximate surface area is 103 Å². The van der Waals surface area contributed by atoms with Gasteiger partial charge in [0.05, 0.1) is 12.1 Å². The monoisotopic (exact) mass is 237 g/mol. The van der Waals surface area contributed by atoms with Crippen molar-refractivity contribution in [3.05, 3.63) is 29.3 Å². The van der Waals surface area contributed by atoms with E-state index in [-0.39, 0.29) is 0 Å². The third-order valence-corrected chi connectivity index (χ3v) is 2.83. The normalized spacial score (nSPS) is 10.1. The molecule has 0 heterocycles. The highest BCUT2D eigenvalue weighted by Crippen LogP contribution is 2.22. The highest BCUT2D eigenvalue weighted by molar-refractivity contribution is 7.80. The van der Waals surface area contributed by atoms with Gasteiger partial charge in [-0.3, -0.25) is 0 Å². The van der Waals surface area contributed by atoms with Crippen LogP contribution in [0.25, 0.3) is 0 Å². The minimum Gasteiger partial charge on any atom is -0.496 e. The number of rotatable bonds is 6. The Morgan fingerprint density at radius 1 is 1.44 bits per heavy atom. The van der Waals surface area contributed by atoms with E-state index in [2.05, 4.69) is 19.1 Å². The van der Waals surface area contributed by atoms with Crippen molar-refractivity contribution in [1.29, 1.82) is 0 Å². The molecule has 1 aromatic rings. The molecular formula is C13H19NOS. The molecule has 2 N–H and O–H groups in total. The van der Waals surface area contributed by atoms with Gasteiger partial charge in [-0.1, -0.05) is 31.3 Å². The first kappa shape index (κ1) is 13.0. The first-order chi connectivity index (χ1) is 7.67. The molecule has 0 spiro atoms. The van der Waals surface area contributed by atoms with Crippen molar-refractivity contribution in [3.8, 4) is 5.75 Å². The molecule has 88 valence electrons. The van der Waals surface area contributed by atoms with Crippen molar-refractivity contribution >= 4 is 17.2 Å². The van der Waals surface area contributed by atoms with Crippen LogP contribution in [0.5, 0.6) is 5.75 Å². The maximum absolute atomic E-state index is 5.48. The smallest absolute Gasteiger partial charge is 0.122 e. The van der Waals surface area contributed by atoms with Gasteiger partial charge < -0.3 is 10.5 Å². The fourth-order valence-corrected chi connectivity index (χ4v) is 1.84. The van der Waals surface area contributed by atoms with Gasteiger partial charge in [-0.15, -0.1) is 0 Å². The highest BCUT2D eigenvalue weighted by Gasteiger charge is 2.04. The maximum Gasteiger partial charge on any atom is 0.122 e. The van der Waals surface area contributed by atoms with E-state index in [0.29, 0.717) is 4.99 Å². The molecule has 0 saturated carbocycles. The number of nitrogens with two attached hydrogens (primary N) is 1. The lowest BCUT2D eigenvalue weighted by molar-refractivity contribution is 0.409. The Kier molecular flexibility index (Phi) is 5.26. The van der Waals surface area contributed by atoms with E-state index in [1.807, 2.05) is 6.07 Å². The van der Waals surface area contributed by atoms with Gasteiger partial charge >= 0.3 is 0 Å². The minimum atomic E-state index is 0.589. The summed E-state index contributed by atoms with van der Waals surface area (Å²) in [5.41, 5.74) is 8.07. The van der Waals surface area contributed by atoms with Gasteiger partial charge in [-0.25, -0.2) is 0 Å². The van der Waals surface area contributed by atoms with Crippen molar-refractivity contribution in [2.75, 3.05) is 7.11 Å². The summed E-state index contributed by atoms with van der Waals surface area (Å²) in [5, 5.41) is 0. The van der Waals surface area contributed by atoms with Crippen LogP contribution >= 0.6 is 12.2 Å². The van der Waals surface area contributed by atoms with Gasteiger partial charge in [0.1, 0.15) is 5.75 Å². The lowest BCUT2D eigenvalue weighted by Gasteiger charge is -2.10. The molecule has 0 aliphatic heterocycles. The molecule has 0 radical (unpaired) electrons. The second-order valence-electron chi connectivity index (χ2n) is 3.82. The Balaban J connectivity index is 2.71. The van der Waals surface area contributed by atoms with E-state index in [1.165, 1.54) is 11.1 Å². The molecule has 0 amide bonds. The van der Waals surface area contributed by atoms with Crippen molar-refractivity contribution in [1.82, 2.24) is 0 Å². The summed E-state index contributed by atoms with van der Waals surface area (Å²) in [6.45, 7) is 2.15. The molecule has 0 aliphatic carbocycles. The van der Waals surface area contributed by atoms with Gasteiger partial charge in [-0.2, -0.15) is 0 Å². The number of aryl methyl sites for hydroxylation is 2. The van der Waals surface area contributed by atoms with Gasteiger partial charge in [0.25, 0.3) is 0 Å². The first-order valence-electron chi connectivity index (χ1n) is 5.61. The highest BCUT2D eigenvalue weighted by atomic mass is 32.1. The third-order valence-electron chi connectivity index (χ3n) is 2.62. The lowest BCUT2D eigenvalue weighted by atomic mass is 10.0. The summed E-state index contributed by atoms with van der Waals surface area (Å²) in [6.07, 6.45) is 3.80. The van der Waals surface area contributed by atoms with Crippen LogP contribution in [0.15, 0.2) is 18.2 Å². The second-order valence-corrected chi connectivity index (χ2v) is 4.34. The standard InChI is InChI=1S/C13H19NOS/c1-3-10-7-8-12(15-2)11(9-10)5-4-6-13(14)16/h7-9H,3-6H2,1-2H3,(H2,14,16). The third kappa shape index (κ3) is 3.81. The molecule has 0 fully saturated rings. The molecule has 1 aromatic carbocycles. The zero-order valence-electron chi connectivity index (χ0n) is 9.95. The zero-order chi connectivity index (χ0) is 12.0. The fraction of sp³-hybridized carbons (Fsp3) is 0.462. The van der Waals surface area contributed by atoms with Gasteiger partial charge in [0, 0.05) is 0 Å². The van der Waals surface area contributed by atoms with Crippen LogP contribution in [0.3, 0.4) is 0 Å². The molecule has 0 unspecified atom stereocenters. The molecule has 16 heavy (non-hydrogen) atoms.